The Labute approximate surface area is 156 Å². The maximum Gasteiger partial charge on any atom is 0.297 e. The molecule has 2 N–H and O–H groups in total. The van der Waals surface area contributed by atoms with Gasteiger partial charge in [-0.05, 0) is 37.4 Å². The molecule has 3 aromatic rings. The van der Waals surface area contributed by atoms with Crippen LogP contribution in [0.4, 0.5) is 0 Å². The topological polar surface area (TPSA) is 94.4 Å². The summed E-state index contributed by atoms with van der Waals surface area (Å²) < 4.78 is 6.97. The Kier molecular flexibility index (Phi) is 5.29. The standard InChI is InChI=1S/C18H20N4O3.ClH/c19-9-12-5-7-21(8-6-12)15(23)10-22-11-20-16-13-3-1-2-4-14(13)25-17(16)18(22)24;/h1-4,11-12H,5-10,19H2;1H. The van der Waals surface area contributed by atoms with Crippen LogP contribution in [-0.4, -0.2) is 40.0 Å². The van der Waals surface area contributed by atoms with Gasteiger partial charge in [-0.15, -0.1) is 12.4 Å². The number of nitrogens with zero attached hydrogens (tertiary/aromatic N) is 3. The van der Waals surface area contributed by atoms with Gasteiger partial charge in [0.25, 0.3) is 5.56 Å². The smallest absolute Gasteiger partial charge is 0.297 e. The van der Waals surface area contributed by atoms with E-state index in [1.165, 1.54) is 10.9 Å². The Morgan fingerprint density at radius 1 is 1.27 bits per heavy atom. The molecule has 1 aliphatic heterocycles. The van der Waals surface area contributed by atoms with Gasteiger partial charge in [0, 0.05) is 18.5 Å². The summed E-state index contributed by atoms with van der Waals surface area (Å²) in [5, 5.41) is 0.803. The average molecular weight is 377 g/mol. The lowest BCUT2D eigenvalue weighted by Crippen LogP contribution is -2.42. The van der Waals surface area contributed by atoms with Crippen LogP contribution in [0.1, 0.15) is 12.8 Å². The van der Waals surface area contributed by atoms with Gasteiger partial charge in [0.2, 0.25) is 11.5 Å². The van der Waals surface area contributed by atoms with Crippen molar-refractivity contribution in [1.82, 2.24) is 14.5 Å². The normalized spacial score (nSPS) is 15.3. The van der Waals surface area contributed by atoms with Crippen LogP contribution in [0.25, 0.3) is 22.1 Å². The predicted molar refractivity (Wildman–Crippen MR) is 101 cm³/mol. The molecule has 0 bridgehead atoms. The van der Waals surface area contributed by atoms with Crippen molar-refractivity contribution in [1.29, 1.82) is 0 Å². The second-order valence-corrected chi connectivity index (χ2v) is 6.51. The van der Waals surface area contributed by atoms with Gasteiger partial charge in [-0.2, -0.15) is 0 Å². The third kappa shape index (κ3) is 3.20. The van der Waals surface area contributed by atoms with Crippen molar-refractivity contribution >= 4 is 40.4 Å². The maximum absolute atomic E-state index is 12.7. The lowest BCUT2D eigenvalue weighted by Gasteiger charge is -2.31. The number of para-hydroxylation sites is 1. The third-order valence-electron chi connectivity index (χ3n) is 4.96. The van der Waals surface area contributed by atoms with E-state index in [2.05, 4.69) is 4.98 Å². The number of furan rings is 1. The van der Waals surface area contributed by atoms with E-state index in [0.29, 0.717) is 36.7 Å². The molecule has 3 heterocycles. The van der Waals surface area contributed by atoms with Crippen LogP contribution in [0, 0.1) is 5.92 Å². The third-order valence-corrected chi connectivity index (χ3v) is 4.96. The van der Waals surface area contributed by atoms with Crippen molar-refractivity contribution in [2.75, 3.05) is 19.6 Å². The van der Waals surface area contributed by atoms with Gasteiger partial charge in [0.05, 0.1) is 6.33 Å². The molecule has 1 aliphatic rings. The summed E-state index contributed by atoms with van der Waals surface area (Å²) >= 11 is 0. The summed E-state index contributed by atoms with van der Waals surface area (Å²) in [7, 11) is 0. The molecule has 2 aromatic heterocycles. The van der Waals surface area contributed by atoms with Gasteiger partial charge in [-0.25, -0.2) is 4.98 Å². The highest BCUT2D eigenvalue weighted by atomic mass is 35.5. The molecule has 138 valence electrons. The van der Waals surface area contributed by atoms with Crippen molar-refractivity contribution < 1.29 is 9.21 Å². The van der Waals surface area contributed by atoms with Gasteiger partial charge in [0.15, 0.2) is 0 Å². The quantitative estimate of drug-likeness (QED) is 0.751. The first-order chi connectivity index (χ1) is 12.2. The molecule has 0 aliphatic carbocycles. The first-order valence-corrected chi connectivity index (χ1v) is 8.52. The van der Waals surface area contributed by atoms with Crippen LogP contribution in [0.2, 0.25) is 0 Å². The minimum Gasteiger partial charge on any atom is -0.448 e. The molecule has 1 aromatic carbocycles. The molecule has 0 spiro atoms. The minimum atomic E-state index is -0.327. The van der Waals surface area contributed by atoms with Crippen molar-refractivity contribution in [3.05, 3.63) is 40.9 Å². The molecule has 4 rings (SSSR count). The molecule has 1 saturated heterocycles. The lowest BCUT2D eigenvalue weighted by molar-refractivity contribution is -0.133. The number of likely N-dealkylation sites (tertiary alicyclic amines) is 1. The van der Waals surface area contributed by atoms with Crippen molar-refractivity contribution in [2.45, 2.75) is 19.4 Å². The van der Waals surface area contributed by atoms with Gasteiger partial charge in [-0.3, -0.25) is 14.2 Å². The van der Waals surface area contributed by atoms with E-state index in [1.807, 2.05) is 18.2 Å². The van der Waals surface area contributed by atoms with Crippen LogP contribution < -0.4 is 11.3 Å². The summed E-state index contributed by atoms with van der Waals surface area (Å²) in [6.45, 7) is 2.02. The molecule has 8 heteroatoms. The predicted octanol–water partition coefficient (Wildman–Crippen LogP) is 1.76. The van der Waals surface area contributed by atoms with Crippen LogP contribution >= 0.6 is 12.4 Å². The maximum atomic E-state index is 12.7. The fourth-order valence-corrected chi connectivity index (χ4v) is 3.39. The number of rotatable bonds is 3. The van der Waals surface area contributed by atoms with E-state index in [0.717, 1.165) is 18.2 Å². The number of hydrogen-bond donors (Lipinski definition) is 1. The number of hydrogen-bond acceptors (Lipinski definition) is 5. The summed E-state index contributed by atoms with van der Waals surface area (Å²) in [6, 6.07) is 7.38. The second kappa shape index (κ2) is 7.47. The molecule has 0 saturated carbocycles. The lowest BCUT2D eigenvalue weighted by atomic mass is 9.97. The van der Waals surface area contributed by atoms with E-state index in [9.17, 15) is 9.59 Å². The first kappa shape index (κ1) is 18.4. The van der Waals surface area contributed by atoms with Gasteiger partial charge in [-0.1, -0.05) is 12.1 Å². The van der Waals surface area contributed by atoms with Gasteiger partial charge < -0.3 is 15.1 Å². The summed E-state index contributed by atoms with van der Waals surface area (Å²) in [6.07, 6.45) is 3.26. The Morgan fingerprint density at radius 3 is 2.73 bits per heavy atom. The number of carbonyl (C=O) groups excluding carboxylic acids is 1. The molecular weight excluding hydrogens is 356 g/mol. The number of piperidine rings is 1. The number of nitrogens with two attached hydrogens (primary N) is 1. The number of fused-ring (bicyclic) bond motifs is 3. The highest BCUT2D eigenvalue weighted by Gasteiger charge is 2.23. The Balaban J connectivity index is 0.00000196. The van der Waals surface area contributed by atoms with Gasteiger partial charge >= 0.3 is 0 Å². The first-order valence-electron chi connectivity index (χ1n) is 8.52. The number of halogens is 1. The molecule has 0 unspecified atom stereocenters. The summed E-state index contributed by atoms with van der Waals surface area (Å²) in [4.78, 5) is 31.3. The summed E-state index contributed by atoms with van der Waals surface area (Å²) in [5.41, 5.74) is 6.71. The SMILES string of the molecule is Cl.NCC1CCN(C(=O)Cn2cnc3c(oc4ccccc43)c2=O)CC1. The van der Waals surface area contributed by atoms with Crippen molar-refractivity contribution in [3.63, 3.8) is 0 Å². The fraction of sp³-hybridized carbons (Fsp3) is 0.389. The van der Waals surface area contributed by atoms with E-state index in [-0.39, 0.29) is 36.0 Å². The molecular formula is C18H21ClN4O3. The highest BCUT2D eigenvalue weighted by Crippen LogP contribution is 2.24. The van der Waals surface area contributed by atoms with Crippen LogP contribution in [0.15, 0.2) is 39.8 Å². The van der Waals surface area contributed by atoms with E-state index < -0.39 is 0 Å². The molecule has 26 heavy (non-hydrogen) atoms. The molecule has 7 nitrogen and oxygen atoms in total. The largest absolute Gasteiger partial charge is 0.448 e. The van der Waals surface area contributed by atoms with E-state index in [1.54, 1.807) is 11.0 Å². The number of amides is 1. The zero-order valence-corrected chi connectivity index (χ0v) is 15.1. The average Bonchev–Trinajstić information content (AvgIpc) is 3.03. The van der Waals surface area contributed by atoms with Gasteiger partial charge in [0.1, 0.15) is 17.6 Å². The Hall–Kier alpha value is -2.38. The molecule has 0 radical (unpaired) electrons. The number of benzene rings is 1. The Bertz CT molecular complexity index is 989. The second-order valence-electron chi connectivity index (χ2n) is 6.51. The fourth-order valence-electron chi connectivity index (χ4n) is 3.39. The molecule has 1 fully saturated rings. The van der Waals surface area contributed by atoms with Crippen molar-refractivity contribution in [3.8, 4) is 0 Å². The minimum absolute atomic E-state index is 0. The molecule has 1 amide bonds. The monoisotopic (exact) mass is 376 g/mol. The zero-order valence-electron chi connectivity index (χ0n) is 14.3. The summed E-state index contributed by atoms with van der Waals surface area (Å²) in [5.74, 6) is 0.412. The molecule has 0 atom stereocenters. The van der Waals surface area contributed by atoms with E-state index >= 15 is 0 Å². The van der Waals surface area contributed by atoms with Crippen molar-refractivity contribution in [2.24, 2.45) is 11.7 Å². The van der Waals surface area contributed by atoms with Crippen LogP contribution in [0.3, 0.4) is 0 Å². The zero-order chi connectivity index (χ0) is 17.4. The number of carbonyl (C=O) groups is 1. The van der Waals surface area contributed by atoms with E-state index in [4.69, 9.17) is 10.2 Å². The number of aromatic nitrogens is 2. The highest BCUT2D eigenvalue weighted by molar-refractivity contribution is 6.01. The van der Waals surface area contributed by atoms with Crippen LogP contribution in [-0.2, 0) is 11.3 Å². The van der Waals surface area contributed by atoms with Crippen LogP contribution in [0.5, 0.6) is 0 Å². The Morgan fingerprint density at radius 2 is 2.00 bits per heavy atom.